The first-order chi connectivity index (χ1) is 7.66. The summed E-state index contributed by atoms with van der Waals surface area (Å²) in [6.07, 6.45) is 1.41. The fraction of sp³-hybridized carbons (Fsp3) is 0.556. The molecular weight excluding hydrogens is 206 g/mol. The van der Waals surface area contributed by atoms with Gasteiger partial charge in [0.05, 0.1) is 0 Å². The first-order valence-electron chi connectivity index (χ1n) is 5.23. The van der Waals surface area contributed by atoms with E-state index < -0.39 is 0 Å². The number of nitrogens with one attached hydrogen (secondary N) is 1. The average molecular weight is 223 g/mol. The summed E-state index contributed by atoms with van der Waals surface area (Å²) < 4.78 is 0. The predicted octanol–water partition coefficient (Wildman–Crippen LogP) is -0.785. The van der Waals surface area contributed by atoms with E-state index >= 15 is 0 Å². The number of hydrazine groups is 1. The zero-order chi connectivity index (χ0) is 11.5. The maximum atomic E-state index is 5.78. The van der Waals surface area contributed by atoms with Gasteiger partial charge in [-0.2, -0.15) is 0 Å². The van der Waals surface area contributed by atoms with Gasteiger partial charge in [0.15, 0.2) is 11.6 Å². The molecule has 2 heterocycles. The summed E-state index contributed by atoms with van der Waals surface area (Å²) in [5.74, 6) is 0.892. The van der Waals surface area contributed by atoms with E-state index in [9.17, 15) is 0 Å². The van der Waals surface area contributed by atoms with Crippen LogP contribution in [-0.2, 0) is 0 Å². The first-order valence-corrected chi connectivity index (χ1v) is 5.23. The molecule has 0 amide bonds. The molecule has 1 aliphatic heterocycles. The summed E-state index contributed by atoms with van der Waals surface area (Å²) in [5, 5.41) is 2.08. The van der Waals surface area contributed by atoms with Gasteiger partial charge in [0.1, 0.15) is 12.0 Å². The Labute approximate surface area is 94.4 Å². The van der Waals surface area contributed by atoms with E-state index in [1.54, 1.807) is 0 Å². The van der Waals surface area contributed by atoms with Crippen molar-refractivity contribution in [1.82, 2.24) is 19.9 Å². The van der Waals surface area contributed by atoms with E-state index in [0.717, 1.165) is 26.2 Å². The molecule has 88 valence electrons. The summed E-state index contributed by atoms with van der Waals surface area (Å²) in [6, 6.07) is 0. The normalized spacial score (nSPS) is 18.6. The van der Waals surface area contributed by atoms with Gasteiger partial charge in [-0.05, 0) is 7.05 Å². The molecule has 0 unspecified atom stereocenters. The lowest BCUT2D eigenvalue weighted by Gasteiger charge is -2.32. The predicted molar refractivity (Wildman–Crippen MR) is 63.5 cm³/mol. The number of piperazine rings is 1. The van der Waals surface area contributed by atoms with E-state index in [-0.39, 0.29) is 0 Å². The second kappa shape index (κ2) is 4.50. The van der Waals surface area contributed by atoms with Crippen molar-refractivity contribution in [2.45, 2.75) is 0 Å². The van der Waals surface area contributed by atoms with Crippen molar-refractivity contribution in [3.8, 4) is 0 Å². The molecule has 0 radical (unpaired) electrons. The van der Waals surface area contributed by atoms with Crippen LogP contribution in [0.2, 0.25) is 0 Å². The lowest BCUT2D eigenvalue weighted by atomic mass is 10.4. The van der Waals surface area contributed by atoms with E-state index in [2.05, 4.69) is 32.4 Å². The van der Waals surface area contributed by atoms with Crippen LogP contribution >= 0.6 is 0 Å². The third kappa shape index (κ3) is 2.31. The van der Waals surface area contributed by atoms with Gasteiger partial charge in [-0.1, -0.05) is 0 Å². The summed E-state index contributed by atoms with van der Waals surface area (Å²) in [4.78, 5) is 10.2. The monoisotopic (exact) mass is 223 g/mol. The van der Waals surface area contributed by atoms with E-state index in [4.69, 9.17) is 11.5 Å². The third-order valence-corrected chi connectivity index (χ3v) is 2.68. The van der Waals surface area contributed by atoms with Gasteiger partial charge in [0.25, 0.3) is 0 Å². The summed E-state index contributed by atoms with van der Waals surface area (Å²) in [5.41, 5.74) is 14.9. The highest BCUT2D eigenvalue weighted by Crippen LogP contribution is 2.19. The second-order valence-electron chi connectivity index (χ2n) is 3.92. The Balaban J connectivity index is 2.01. The molecule has 7 heteroatoms. The number of aromatic nitrogens is 2. The zero-order valence-corrected chi connectivity index (χ0v) is 9.35. The van der Waals surface area contributed by atoms with Crippen molar-refractivity contribution in [2.24, 2.45) is 0 Å². The molecule has 0 saturated carbocycles. The number of nitrogens with zero attached hydrogens (tertiary/aromatic N) is 4. The molecule has 0 bridgehead atoms. The van der Waals surface area contributed by atoms with Gasteiger partial charge in [0.2, 0.25) is 0 Å². The van der Waals surface area contributed by atoms with Crippen LogP contribution in [0, 0.1) is 0 Å². The van der Waals surface area contributed by atoms with E-state index in [1.165, 1.54) is 6.33 Å². The Morgan fingerprint density at radius 3 is 2.56 bits per heavy atom. The number of anilines is 3. The average Bonchev–Trinajstić information content (AvgIpc) is 2.28. The van der Waals surface area contributed by atoms with Crippen molar-refractivity contribution >= 4 is 17.3 Å². The highest BCUT2D eigenvalue weighted by molar-refractivity contribution is 5.71. The van der Waals surface area contributed by atoms with Crippen LogP contribution in [0.3, 0.4) is 0 Å². The molecule has 1 aromatic heterocycles. The van der Waals surface area contributed by atoms with Crippen LogP contribution < -0.4 is 16.9 Å². The topological polar surface area (TPSA) is 96.3 Å². The molecule has 2 rings (SSSR count). The molecule has 0 spiro atoms. The van der Waals surface area contributed by atoms with Crippen LogP contribution in [0.25, 0.3) is 0 Å². The molecule has 1 aliphatic rings. The maximum Gasteiger partial charge on any atom is 0.169 e. The quantitative estimate of drug-likeness (QED) is 0.605. The molecule has 0 atom stereocenters. The molecule has 0 aromatic carbocycles. The maximum absolute atomic E-state index is 5.78. The molecule has 1 saturated heterocycles. The summed E-state index contributed by atoms with van der Waals surface area (Å²) >= 11 is 0. The van der Waals surface area contributed by atoms with Crippen LogP contribution in [0.5, 0.6) is 0 Å². The zero-order valence-electron chi connectivity index (χ0n) is 9.35. The number of hydrogen-bond acceptors (Lipinski definition) is 7. The Kier molecular flexibility index (Phi) is 3.07. The number of hydrogen-bond donors (Lipinski definition) is 3. The molecule has 16 heavy (non-hydrogen) atoms. The number of rotatable bonds is 2. The number of likely N-dealkylation sites (N-methyl/N-ethyl adjacent to an activating group) is 1. The number of nitrogen functional groups attached to an aromatic ring is 2. The highest BCUT2D eigenvalue weighted by Gasteiger charge is 2.15. The summed E-state index contributed by atoms with van der Waals surface area (Å²) in [6.45, 7) is 3.90. The van der Waals surface area contributed by atoms with Crippen LogP contribution in [-0.4, -0.2) is 53.1 Å². The van der Waals surface area contributed by atoms with Crippen molar-refractivity contribution in [2.75, 3.05) is 50.1 Å². The molecular formula is C9H17N7. The van der Waals surface area contributed by atoms with Crippen molar-refractivity contribution in [3.05, 3.63) is 6.33 Å². The molecule has 1 fully saturated rings. The third-order valence-electron chi connectivity index (χ3n) is 2.68. The van der Waals surface area contributed by atoms with Gasteiger partial charge in [-0.25, -0.2) is 15.0 Å². The van der Waals surface area contributed by atoms with Gasteiger partial charge < -0.3 is 21.8 Å². The van der Waals surface area contributed by atoms with Crippen LogP contribution in [0.1, 0.15) is 0 Å². The highest BCUT2D eigenvalue weighted by atomic mass is 15.5. The largest absolute Gasteiger partial charge is 0.393 e. The van der Waals surface area contributed by atoms with Gasteiger partial charge in [-0.15, -0.1) is 0 Å². The Hall–Kier alpha value is -1.60. The standard InChI is InChI=1S/C9H17N7/c1-15-2-4-16(5-3-15)14-9-7(10)8(11)12-6-13-9/h6H,2-5,10H2,1H3,(H3,11,12,13,14). The van der Waals surface area contributed by atoms with Gasteiger partial charge in [0, 0.05) is 26.2 Å². The lowest BCUT2D eigenvalue weighted by molar-refractivity contribution is 0.178. The van der Waals surface area contributed by atoms with E-state index in [0.29, 0.717) is 17.3 Å². The second-order valence-corrected chi connectivity index (χ2v) is 3.92. The van der Waals surface area contributed by atoms with Crippen LogP contribution in [0.4, 0.5) is 17.3 Å². The van der Waals surface area contributed by atoms with Crippen molar-refractivity contribution in [1.29, 1.82) is 0 Å². The Morgan fingerprint density at radius 1 is 1.19 bits per heavy atom. The lowest BCUT2D eigenvalue weighted by Crippen LogP contribution is -2.47. The van der Waals surface area contributed by atoms with Crippen molar-refractivity contribution < 1.29 is 0 Å². The fourth-order valence-corrected chi connectivity index (χ4v) is 1.57. The molecule has 5 N–H and O–H groups in total. The molecule has 7 nitrogen and oxygen atoms in total. The fourth-order valence-electron chi connectivity index (χ4n) is 1.57. The minimum absolute atomic E-state index is 0.312. The van der Waals surface area contributed by atoms with E-state index in [1.807, 2.05) is 0 Å². The van der Waals surface area contributed by atoms with Gasteiger partial charge in [-0.3, -0.25) is 0 Å². The summed E-state index contributed by atoms with van der Waals surface area (Å²) in [7, 11) is 2.11. The minimum atomic E-state index is 0.312. The van der Waals surface area contributed by atoms with Crippen molar-refractivity contribution in [3.63, 3.8) is 0 Å². The Bertz CT molecular complexity index is 359. The smallest absolute Gasteiger partial charge is 0.169 e. The SMILES string of the molecule is CN1CCN(Nc2ncnc(N)c2N)CC1. The number of nitrogens with two attached hydrogens (primary N) is 2. The Morgan fingerprint density at radius 2 is 1.88 bits per heavy atom. The van der Waals surface area contributed by atoms with Crippen LogP contribution in [0.15, 0.2) is 6.33 Å². The van der Waals surface area contributed by atoms with Gasteiger partial charge >= 0.3 is 0 Å². The first kappa shape index (κ1) is 10.9. The molecule has 1 aromatic rings. The molecule has 0 aliphatic carbocycles. The minimum Gasteiger partial charge on any atom is -0.393 e.